The molecule has 2 N–H and O–H groups in total. The maximum Gasteiger partial charge on any atom is 0.222 e. The Kier molecular flexibility index (Phi) is 10.5. The van der Waals surface area contributed by atoms with Crippen LogP contribution in [0.25, 0.3) is 0 Å². The predicted molar refractivity (Wildman–Crippen MR) is 90.1 cm³/mol. The van der Waals surface area contributed by atoms with Crippen LogP contribution in [0.15, 0.2) is 4.99 Å². The maximum atomic E-state index is 11.5. The second-order valence-corrected chi connectivity index (χ2v) is 5.49. The molecule has 0 atom stereocenters. The number of carbonyl (C=O) groups is 1. The summed E-state index contributed by atoms with van der Waals surface area (Å²) in [6.45, 7) is 9.81. The summed E-state index contributed by atoms with van der Waals surface area (Å²) in [4.78, 5) is 18.0. The fourth-order valence-electron chi connectivity index (χ4n) is 2.32. The fourth-order valence-corrected chi connectivity index (χ4v) is 2.32. The van der Waals surface area contributed by atoms with E-state index in [1.165, 1.54) is 0 Å². The average Bonchev–Trinajstić information content (AvgIpc) is 2.92. The first-order valence-electron chi connectivity index (χ1n) is 8.65. The van der Waals surface area contributed by atoms with Gasteiger partial charge < -0.3 is 20.3 Å². The minimum atomic E-state index is 0.290. The van der Waals surface area contributed by atoms with Crippen LogP contribution in [0, 0.1) is 0 Å². The van der Waals surface area contributed by atoms with E-state index in [2.05, 4.69) is 29.5 Å². The number of hydrogen-bond acceptors (Lipinski definition) is 3. The first-order valence-corrected chi connectivity index (χ1v) is 8.65. The molecule has 0 bridgehead atoms. The zero-order chi connectivity index (χ0) is 16.0. The summed E-state index contributed by atoms with van der Waals surface area (Å²) >= 11 is 0. The lowest BCUT2D eigenvalue weighted by Gasteiger charge is -2.15. The van der Waals surface area contributed by atoms with Gasteiger partial charge in [-0.2, -0.15) is 0 Å². The number of carbonyl (C=O) groups excluding carboxylic acids is 1. The molecule has 0 spiro atoms. The molecule has 6 heteroatoms. The molecule has 6 nitrogen and oxygen atoms in total. The number of hydrogen-bond donors (Lipinski definition) is 2. The van der Waals surface area contributed by atoms with Gasteiger partial charge >= 0.3 is 0 Å². The Morgan fingerprint density at radius 3 is 2.82 bits per heavy atom. The summed E-state index contributed by atoms with van der Waals surface area (Å²) < 4.78 is 5.52. The lowest BCUT2D eigenvalue weighted by atomic mass is 10.4. The van der Waals surface area contributed by atoms with Gasteiger partial charge in [-0.25, -0.2) is 0 Å². The van der Waals surface area contributed by atoms with Gasteiger partial charge in [0.05, 0.1) is 6.61 Å². The highest BCUT2D eigenvalue weighted by Crippen LogP contribution is 2.09. The molecule has 0 aliphatic carbocycles. The van der Waals surface area contributed by atoms with Crippen LogP contribution in [-0.4, -0.2) is 62.7 Å². The summed E-state index contributed by atoms with van der Waals surface area (Å²) in [6.07, 6.45) is 4.91. The second-order valence-electron chi connectivity index (χ2n) is 5.49. The topological polar surface area (TPSA) is 66.0 Å². The standard InChI is InChI=1S/C16H32N4O2/c1-3-5-13-22-14-10-19-16(17-4-2)18-9-7-12-20-11-6-8-15(20)21/h3-14H2,1-2H3,(H2,17,18,19). The third-order valence-electron chi connectivity index (χ3n) is 3.55. The van der Waals surface area contributed by atoms with Gasteiger partial charge in [0.1, 0.15) is 0 Å². The van der Waals surface area contributed by atoms with E-state index in [4.69, 9.17) is 4.74 Å². The zero-order valence-corrected chi connectivity index (χ0v) is 14.2. The molecule has 0 unspecified atom stereocenters. The lowest BCUT2D eigenvalue weighted by Crippen LogP contribution is -2.39. The molecule has 22 heavy (non-hydrogen) atoms. The van der Waals surface area contributed by atoms with Gasteiger partial charge in [-0.3, -0.25) is 9.79 Å². The monoisotopic (exact) mass is 312 g/mol. The number of guanidine groups is 1. The van der Waals surface area contributed by atoms with E-state index in [0.29, 0.717) is 18.9 Å². The number of rotatable bonds is 11. The summed E-state index contributed by atoms with van der Waals surface area (Å²) in [6, 6.07) is 0. The number of likely N-dealkylation sites (tertiary alicyclic amines) is 1. The average molecular weight is 312 g/mol. The number of ether oxygens (including phenoxy) is 1. The molecule has 0 aromatic heterocycles. The van der Waals surface area contributed by atoms with Gasteiger partial charge in [-0.05, 0) is 26.2 Å². The van der Waals surface area contributed by atoms with Crippen LogP contribution in [-0.2, 0) is 9.53 Å². The van der Waals surface area contributed by atoms with E-state index >= 15 is 0 Å². The Labute approximate surface area is 134 Å². The Balaban J connectivity index is 2.13. The molecule has 1 aliphatic rings. The molecule has 1 fully saturated rings. The molecule has 0 aromatic carbocycles. The summed E-state index contributed by atoms with van der Waals surface area (Å²) in [5, 5.41) is 6.49. The lowest BCUT2D eigenvalue weighted by molar-refractivity contribution is -0.127. The highest BCUT2D eigenvalue weighted by molar-refractivity contribution is 5.79. The smallest absolute Gasteiger partial charge is 0.222 e. The van der Waals surface area contributed by atoms with E-state index < -0.39 is 0 Å². The molecule has 0 saturated carbocycles. The minimum absolute atomic E-state index is 0.290. The van der Waals surface area contributed by atoms with Gasteiger partial charge in [0.15, 0.2) is 5.96 Å². The quantitative estimate of drug-likeness (QED) is 0.343. The number of nitrogens with one attached hydrogen (secondary N) is 2. The van der Waals surface area contributed by atoms with Crippen LogP contribution in [0.5, 0.6) is 0 Å². The van der Waals surface area contributed by atoms with E-state index in [1.54, 1.807) is 0 Å². The third kappa shape index (κ3) is 8.22. The van der Waals surface area contributed by atoms with Crippen molar-refractivity contribution in [2.75, 3.05) is 45.9 Å². The first-order chi connectivity index (χ1) is 10.8. The van der Waals surface area contributed by atoms with Crippen LogP contribution in [0.3, 0.4) is 0 Å². The molecule has 1 rings (SSSR count). The highest BCUT2D eigenvalue weighted by atomic mass is 16.5. The van der Waals surface area contributed by atoms with Crippen molar-refractivity contribution in [2.45, 2.75) is 46.0 Å². The largest absolute Gasteiger partial charge is 0.380 e. The molecule has 0 radical (unpaired) electrons. The van der Waals surface area contributed by atoms with Gasteiger partial charge in [-0.1, -0.05) is 13.3 Å². The molecular formula is C16H32N4O2. The second kappa shape index (κ2) is 12.3. The van der Waals surface area contributed by atoms with Gasteiger partial charge in [0.2, 0.25) is 5.91 Å². The summed E-state index contributed by atoms with van der Waals surface area (Å²) in [5.41, 5.74) is 0. The van der Waals surface area contributed by atoms with Crippen molar-refractivity contribution in [3.8, 4) is 0 Å². The van der Waals surface area contributed by atoms with Crippen molar-refractivity contribution in [3.05, 3.63) is 0 Å². The third-order valence-corrected chi connectivity index (χ3v) is 3.55. The fraction of sp³-hybridized carbons (Fsp3) is 0.875. The molecule has 1 amide bonds. The van der Waals surface area contributed by atoms with Crippen molar-refractivity contribution >= 4 is 11.9 Å². The Hall–Kier alpha value is -1.30. The van der Waals surface area contributed by atoms with E-state index in [1.807, 2.05) is 4.90 Å². The molecule has 1 aliphatic heterocycles. The number of amides is 1. The Morgan fingerprint density at radius 1 is 1.27 bits per heavy atom. The molecule has 1 saturated heterocycles. The first kappa shape index (κ1) is 18.7. The van der Waals surface area contributed by atoms with Gasteiger partial charge in [-0.15, -0.1) is 0 Å². The summed E-state index contributed by atoms with van der Waals surface area (Å²) in [7, 11) is 0. The van der Waals surface area contributed by atoms with Crippen molar-refractivity contribution in [2.24, 2.45) is 4.99 Å². The maximum absolute atomic E-state index is 11.5. The Morgan fingerprint density at radius 2 is 2.14 bits per heavy atom. The normalized spacial score (nSPS) is 15.5. The van der Waals surface area contributed by atoms with Crippen molar-refractivity contribution < 1.29 is 9.53 Å². The molecule has 1 heterocycles. The van der Waals surface area contributed by atoms with Crippen LogP contribution in [0.2, 0.25) is 0 Å². The van der Waals surface area contributed by atoms with Crippen molar-refractivity contribution in [1.82, 2.24) is 15.5 Å². The van der Waals surface area contributed by atoms with Crippen molar-refractivity contribution in [3.63, 3.8) is 0 Å². The van der Waals surface area contributed by atoms with E-state index in [9.17, 15) is 4.79 Å². The van der Waals surface area contributed by atoms with E-state index in [-0.39, 0.29) is 0 Å². The SMILES string of the molecule is CCCCOCCNC(=NCCCN1CCCC1=O)NCC. The van der Waals surface area contributed by atoms with E-state index in [0.717, 1.165) is 71.0 Å². The number of nitrogens with zero attached hydrogens (tertiary/aromatic N) is 2. The van der Waals surface area contributed by atoms with Crippen molar-refractivity contribution in [1.29, 1.82) is 0 Å². The highest BCUT2D eigenvalue weighted by Gasteiger charge is 2.18. The van der Waals surface area contributed by atoms with Gasteiger partial charge in [0.25, 0.3) is 0 Å². The molecule has 128 valence electrons. The van der Waals surface area contributed by atoms with Crippen LogP contribution in [0.1, 0.15) is 46.0 Å². The predicted octanol–water partition coefficient (Wildman–Crippen LogP) is 1.37. The zero-order valence-electron chi connectivity index (χ0n) is 14.2. The Bertz CT molecular complexity index is 334. The number of aliphatic imine (C=N–C) groups is 1. The molecular weight excluding hydrogens is 280 g/mol. The minimum Gasteiger partial charge on any atom is -0.380 e. The molecule has 0 aromatic rings. The van der Waals surface area contributed by atoms with Gasteiger partial charge in [0, 0.05) is 45.8 Å². The van der Waals surface area contributed by atoms with Crippen LogP contribution < -0.4 is 10.6 Å². The number of unbranched alkanes of at least 4 members (excludes halogenated alkanes) is 1. The van der Waals surface area contributed by atoms with Crippen LogP contribution in [0.4, 0.5) is 0 Å². The van der Waals surface area contributed by atoms with Crippen LogP contribution >= 0.6 is 0 Å². The summed E-state index contributed by atoms with van der Waals surface area (Å²) in [5.74, 6) is 1.12.